The Morgan fingerprint density at radius 2 is 1.97 bits per heavy atom. The van der Waals surface area contributed by atoms with Crippen molar-refractivity contribution in [3.63, 3.8) is 0 Å². The van der Waals surface area contributed by atoms with Crippen molar-refractivity contribution >= 4 is 11.8 Å². The fourth-order valence-electron chi connectivity index (χ4n) is 4.16. The second-order valence-corrected chi connectivity index (χ2v) is 8.25. The maximum Gasteiger partial charge on any atom is 0.274 e. The predicted octanol–water partition coefficient (Wildman–Crippen LogP) is 3.22. The van der Waals surface area contributed by atoms with E-state index < -0.39 is 17.4 Å². The summed E-state index contributed by atoms with van der Waals surface area (Å²) in [6, 6.07) is 10.5. The maximum absolute atomic E-state index is 14.0. The number of nitrogens with one attached hydrogen (secondary N) is 1. The molecule has 2 heterocycles. The highest BCUT2D eigenvalue weighted by molar-refractivity contribution is 5.94. The molecule has 2 aromatic carbocycles. The lowest BCUT2D eigenvalue weighted by atomic mass is 9.80. The van der Waals surface area contributed by atoms with Crippen molar-refractivity contribution in [3.05, 3.63) is 65.0 Å². The van der Waals surface area contributed by atoms with E-state index in [1.807, 2.05) is 6.92 Å². The standard InChI is InChI=1S/C23H25FN2O5/c1-23(7-9-30-10-8-23)22(28)26-13-17-6-5-16(21(27)25-29)12-20(17)31-14-19(26)15-3-2-4-18(24)11-15/h2-6,11-12,19,29H,7-10,13-14H2,1H3,(H,25,27). The summed E-state index contributed by atoms with van der Waals surface area (Å²) < 4.78 is 25.4. The predicted molar refractivity (Wildman–Crippen MR) is 109 cm³/mol. The van der Waals surface area contributed by atoms with Gasteiger partial charge < -0.3 is 14.4 Å². The normalized spacial score (nSPS) is 20.2. The van der Waals surface area contributed by atoms with Crippen molar-refractivity contribution in [2.45, 2.75) is 32.4 Å². The number of amides is 2. The van der Waals surface area contributed by atoms with Crippen LogP contribution in [0.3, 0.4) is 0 Å². The van der Waals surface area contributed by atoms with Gasteiger partial charge in [-0.3, -0.25) is 14.8 Å². The van der Waals surface area contributed by atoms with Gasteiger partial charge in [-0.15, -0.1) is 0 Å². The van der Waals surface area contributed by atoms with Gasteiger partial charge in [-0.05, 0) is 42.7 Å². The van der Waals surface area contributed by atoms with Crippen LogP contribution in [0.5, 0.6) is 5.75 Å². The fraction of sp³-hybridized carbons (Fsp3) is 0.391. The molecule has 0 aliphatic carbocycles. The largest absolute Gasteiger partial charge is 0.491 e. The molecule has 2 aliphatic rings. The Kier molecular flexibility index (Phi) is 5.93. The number of hydrogen-bond acceptors (Lipinski definition) is 5. The maximum atomic E-state index is 14.0. The van der Waals surface area contributed by atoms with Gasteiger partial charge in [0.05, 0.1) is 18.0 Å². The molecule has 2 N–H and O–H groups in total. The zero-order valence-corrected chi connectivity index (χ0v) is 17.3. The van der Waals surface area contributed by atoms with Crippen molar-refractivity contribution in [2.24, 2.45) is 5.41 Å². The summed E-state index contributed by atoms with van der Waals surface area (Å²) in [6.07, 6.45) is 1.23. The van der Waals surface area contributed by atoms with E-state index >= 15 is 0 Å². The zero-order valence-electron chi connectivity index (χ0n) is 17.3. The third-order valence-electron chi connectivity index (χ3n) is 6.15. The lowest BCUT2D eigenvalue weighted by molar-refractivity contribution is -0.150. The summed E-state index contributed by atoms with van der Waals surface area (Å²) >= 11 is 0. The summed E-state index contributed by atoms with van der Waals surface area (Å²) in [5, 5.41) is 8.91. The Bertz CT molecular complexity index is 990. The van der Waals surface area contributed by atoms with Crippen LogP contribution in [-0.2, 0) is 16.1 Å². The topological polar surface area (TPSA) is 88.1 Å². The van der Waals surface area contributed by atoms with Gasteiger partial charge >= 0.3 is 0 Å². The Morgan fingerprint density at radius 1 is 1.19 bits per heavy atom. The number of carbonyl (C=O) groups excluding carboxylic acids is 2. The molecule has 1 atom stereocenters. The first-order chi connectivity index (χ1) is 14.9. The highest BCUT2D eigenvalue weighted by atomic mass is 19.1. The highest BCUT2D eigenvalue weighted by Gasteiger charge is 2.42. The number of fused-ring (bicyclic) bond motifs is 1. The third kappa shape index (κ3) is 4.26. The first kappa shape index (κ1) is 21.3. The van der Waals surface area contributed by atoms with Crippen LogP contribution in [-0.4, -0.2) is 41.7 Å². The molecule has 2 aliphatic heterocycles. The lowest BCUT2D eigenvalue weighted by Gasteiger charge is -2.39. The minimum absolute atomic E-state index is 0.0290. The SMILES string of the molecule is CC1(C(=O)N2Cc3ccc(C(=O)NO)cc3OCC2c2cccc(F)c2)CCOCC1. The Balaban J connectivity index is 1.73. The molecule has 8 heteroatoms. The molecule has 4 rings (SSSR count). The van der Waals surface area contributed by atoms with Crippen LogP contribution in [0.4, 0.5) is 4.39 Å². The van der Waals surface area contributed by atoms with Gasteiger partial charge in [-0.25, -0.2) is 9.87 Å². The second kappa shape index (κ2) is 8.64. The molecule has 0 bridgehead atoms. The van der Waals surface area contributed by atoms with Gasteiger partial charge in [-0.1, -0.05) is 25.1 Å². The monoisotopic (exact) mass is 428 g/mol. The summed E-state index contributed by atoms with van der Waals surface area (Å²) in [5.74, 6) is -0.612. The van der Waals surface area contributed by atoms with Crippen LogP contribution < -0.4 is 10.2 Å². The summed E-state index contributed by atoms with van der Waals surface area (Å²) in [4.78, 5) is 27.3. The first-order valence-corrected chi connectivity index (χ1v) is 10.3. The third-order valence-corrected chi connectivity index (χ3v) is 6.15. The molecule has 0 aromatic heterocycles. The molecule has 0 spiro atoms. The molecular formula is C23H25FN2O5. The number of rotatable bonds is 3. The second-order valence-electron chi connectivity index (χ2n) is 8.25. The molecule has 31 heavy (non-hydrogen) atoms. The van der Waals surface area contributed by atoms with Crippen LogP contribution in [0, 0.1) is 11.2 Å². The molecule has 1 saturated heterocycles. The Morgan fingerprint density at radius 3 is 2.68 bits per heavy atom. The van der Waals surface area contributed by atoms with E-state index in [1.54, 1.807) is 34.6 Å². The number of hydroxylamine groups is 1. The van der Waals surface area contributed by atoms with Gasteiger partial charge in [0, 0.05) is 24.3 Å². The average molecular weight is 428 g/mol. The average Bonchev–Trinajstić information content (AvgIpc) is 2.97. The van der Waals surface area contributed by atoms with Gasteiger partial charge in [0.15, 0.2) is 0 Å². The van der Waals surface area contributed by atoms with E-state index in [4.69, 9.17) is 14.7 Å². The molecule has 2 amide bonds. The first-order valence-electron chi connectivity index (χ1n) is 10.3. The smallest absolute Gasteiger partial charge is 0.274 e. The van der Waals surface area contributed by atoms with Crippen LogP contribution in [0.2, 0.25) is 0 Å². The lowest BCUT2D eigenvalue weighted by Crippen LogP contribution is -2.47. The van der Waals surface area contributed by atoms with Crippen molar-refractivity contribution in [1.29, 1.82) is 0 Å². The van der Waals surface area contributed by atoms with Crippen LogP contribution in [0.1, 0.15) is 47.3 Å². The molecule has 1 fully saturated rings. The van der Waals surface area contributed by atoms with Crippen LogP contribution >= 0.6 is 0 Å². The highest BCUT2D eigenvalue weighted by Crippen LogP contribution is 2.39. The van der Waals surface area contributed by atoms with Gasteiger partial charge in [-0.2, -0.15) is 0 Å². The van der Waals surface area contributed by atoms with E-state index in [-0.39, 0.29) is 30.4 Å². The fourth-order valence-corrected chi connectivity index (χ4v) is 4.16. The molecule has 0 radical (unpaired) electrons. The number of nitrogens with zero attached hydrogens (tertiary/aromatic N) is 1. The number of benzene rings is 2. The zero-order chi connectivity index (χ0) is 22.0. The van der Waals surface area contributed by atoms with E-state index in [0.717, 1.165) is 5.56 Å². The van der Waals surface area contributed by atoms with Crippen molar-refractivity contribution in [3.8, 4) is 5.75 Å². The Hall–Kier alpha value is -2.97. The molecule has 164 valence electrons. The number of carbonyl (C=O) groups is 2. The van der Waals surface area contributed by atoms with E-state index in [9.17, 15) is 14.0 Å². The molecule has 1 unspecified atom stereocenters. The van der Waals surface area contributed by atoms with Gasteiger partial charge in [0.1, 0.15) is 18.2 Å². The van der Waals surface area contributed by atoms with Crippen molar-refractivity contribution < 1.29 is 28.7 Å². The quantitative estimate of drug-likeness (QED) is 0.579. The van der Waals surface area contributed by atoms with Crippen molar-refractivity contribution in [1.82, 2.24) is 10.4 Å². The summed E-state index contributed by atoms with van der Waals surface area (Å²) in [7, 11) is 0. The van der Waals surface area contributed by atoms with Gasteiger partial charge in [0.2, 0.25) is 5.91 Å². The minimum Gasteiger partial charge on any atom is -0.491 e. The molecule has 2 aromatic rings. The van der Waals surface area contributed by atoms with Crippen LogP contribution in [0.15, 0.2) is 42.5 Å². The number of ether oxygens (including phenoxy) is 2. The molecular weight excluding hydrogens is 403 g/mol. The van der Waals surface area contributed by atoms with Crippen molar-refractivity contribution in [2.75, 3.05) is 19.8 Å². The molecule has 7 nitrogen and oxygen atoms in total. The summed E-state index contributed by atoms with van der Waals surface area (Å²) in [5.41, 5.74) is 2.64. The van der Waals surface area contributed by atoms with Gasteiger partial charge in [0.25, 0.3) is 5.91 Å². The minimum atomic E-state index is -0.653. The molecule has 0 saturated carbocycles. The van der Waals surface area contributed by atoms with E-state index in [0.29, 0.717) is 37.4 Å². The Labute approximate surface area is 179 Å². The summed E-state index contributed by atoms with van der Waals surface area (Å²) in [6.45, 7) is 3.36. The van der Waals surface area contributed by atoms with E-state index in [1.165, 1.54) is 18.2 Å². The number of hydrogen-bond donors (Lipinski definition) is 2. The van der Waals surface area contributed by atoms with E-state index in [2.05, 4.69) is 0 Å². The number of halogens is 1. The van der Waals surface area contributed by atoms with Crippen LogP contribution in [0.25, 0.3) is 0 Å².